The predicted molar refractivity (Wildman–Crippen MR) is 70.9 cm³/mol. The van der Waals surface area contributed by atoms with E-state index in [0.29, 0.717) is 12.5 Å². The summed E-state index contributed by atoms with van der Waals surface area (Å²) < 4.78 is 7.69. The molecule has 0 radical (unpaired) electrons. The van der Waals surface area contributed by atoms with E-state index in [1.54, 1.807) is 0 Å². The van der Waals surface area contributed by atoms with Crippen molar-refractivity contribution < 1.29 is 4.74 Å². The lowest BCUT2D eigenvalue weighted by molar-refractivity contribution is 0.162. The van der Waals surface area contributed by atoms with Crippen LogP contribution in [0, 0.1) is 6.92 Å². The fourth-order valence-corrected chi connectivity index (χ4v) is 2.78. The minimum atomic E-state index is -0.0821. The second kappa shape index (κ2) is 4.21. The van der Waals surface area contributed by atoms with Crippen LogP contribution in [0.1, 0.15) is 24.7 Å². The van der Waals surface area contributed by atoms with Crippen LogP contribution in [-0.4, -0.2) is 27.7 Å². The minimum Gasteiger partial charge on any atom is -0.379 e. The first kappa shape index (κ1) is 11.9. The fraction of sp³-hybridized carbons (Fsp3) is 0.538. The van der Waals surface area contributed by atoms with Crippen LogP contribution in [0.5, 0.6) is 0 Å². The number of ether oxygens (including phenoxy) is 1. The standard InChI is InChI=1S/C13H16ClN3O/c1-9-5-10-12(15-7-9)17(11(6-14)16-10)13(2)3-4-18-8-13/h5,7H,3-4,6,8H2,1-2H3. The molecule has 1 atom stereocenters. The maximum absolute atomic E-state index is 6.03. The first-order valence-corrected chi connectivity index (χ1v) is 6.66. The maximum atomic E-state index is 6.03. The van der Waals surface area contributed by atoms with Gasteiger partial charge in [-0.2, -0.15) is 0 Å². The summed E-state index contributed by atoms with van der Waals surface area (Å²) >= 11 is 6.03. The van der Waals surface area contributed by atoms with Crippen molar-refractivity contribution in [2.75, 3.05) is 13.2 Å². The third-order valence-electron chi connectivity index (χ3n) is 3.56. The van der Waals surface area contributed by atoms with Crippen molar-refractivity contribution >= 4 is 22.8 Å². The number of hydrogen-bond acceptors (Lipinski definition) is 3. The van der Waals surface area contributed by atoms with Crippen LogP contribution >= 0.6 is 11.6 Å². The average molecular weight is 266 g/mol. The number of aryl methyl sites for hydroxylation is 1. The molecule has 0 saturated carbocycles. The van der Waals surface area contributed by atoms with Gasteiger partial charge >= 0.3 is 0 Å². The summed E-state index contributed by atoms with van der Waals surface area (Å²) in [6, 6.07) is 2.05. The number of pyridine rings is 1. The zero-order valence-corrected chi connectivity index (χ0v) is 11.4. The molecule has 2 aromatic heterocycles. The number of alkyl halides is 1. The van der Waals surface area contributed by atoms with E-state index < -0.39 is 0 Å². The number of hydrogen-bond donors (Lipinski definition) is 0. The Bertz CT molecular complexity index is 587. The first-order chi connectivity index (χ1) is 8.64. The van der Waals surface area contributed by atoms with Crippen molar-refractivity contribution in [2.24, 2.45) is 0 Å². The van der Waals surface area contributed by atoms with Crippen molar-refractivity contribution in [3.05, 3.63) is 23.7 Å². The van der Waals surface area contributed by atoms with Crippen LogP contribution in [-0.2, 0) is 16.2 Å². The summed E-state index contributed by atoms with van der Waals surface area (Å²) in [5.74, 6) is 1.27. The van der Waals surface area contributed by atoms with Crippen LogP contribution in [0.2, 0.25) is 0 Å². The van der Waals surface area contributed by atoms with Gasteiger partial charge < -0.3 is 9.30 Å². The zero-order chi connectivity index (χ0) is 12.8. The summed E-state index contributed by atoms with van der Waals surface area (Å²) in [5, 5.41) is 0. The topological polar surface area (TPSA) is 39.9 Å². The summed E-state index contributed by atoms with van der Waals surface area (Å²) in [4.78, 5) is 9.12. The average Bonchev–Trinajstić information content (AvgIpc) is 2.92. The molecule has 1 saturated heterocycles. The molecule has 0 amide bonds. The molecule has 5 heteroatoms. The molecule has 0 bridgehead atoms. The van der Waals surface area contributed by atoms with E-state index in [2.05, 4.69) is 21.5 Å². The third kappa shape index (κ3) is 1.71. The Hall–Kier alpha value is -1.13. The van der Waals surface area contributed by atoms with Crippen LogP contribution in [0.15, 0.2) is 12.3 Å². The lowest BCUT2D eigenvalue weighted by Gasteiger charge is -2.26. The largest absolute Gasteiger partial charge is 0.379 e. The van der Waals surface area contributed by atoms with Gasteiger partial charge in [-0.15, -0.1) is 11.6 Å². The Balaban J connectivity index is 2.25. The van der Waals surface area contributed by atoms with Gasteiger partial charge in [-0.1, -0.05) is 0 Å². The molecule has 2 aromatic rings. The highest BCUT2D eigenvalue weighted by Crippen LogP contribution is 2.32. The SMILES string of the molecule is Cc1cnc2c(c1)nc(CCl)n2C1(C)CCOC1. The van der Waals surface area contributed by atoms with Crippen molar-refractivity contribution in [1.82, 2.24) is 14.5 Å². The number of nitrogens with zero attached hydrogens (tertiary/aromatic N) is 3. The van der Waals surface area contributed by atoms with Gasteiger partial charge in [0.1, 0.15) is 11.3 Å². The van der Waals surface area contributed by atoms with E-state index in [0.717, 1.165) is 35.6 Å². The van der Waals surface area contributed by atoms with Gasteiger partial charge in [-0.25, -0.2) is 9.97 Å². The van der Waals surface area contributed by atoms with Gasteiger partial charge in [0.2, 0.25) is 0 Å². The van der Waals surface area contributed by atoms with E-state index >= 15 is 0 Å². The van der Waals surface area contributed by atoms with E-state index in [4.69, 9.17) is 16.3 Å². The number of imidazole rings is 1. The molecule has 0 aliphatic carbocycles. The highest BCUT2D eigenvalue weighted by atomic mass is 35.5. The first-order valence-electron chi connectivity index (χ1n) is 6.12. The van der Waals surface area contributed by atoms with Gasteiger partial charge in [0, 0.05) is 12.8 Å². The quantitative estimate of drug-likeness (QED) is 0.784. The molecule has 3 heterocycles. The van der Waals surface area contributed by atoms with Crippen LogP contribution < -0.4 is 0 Å². The fourth-order valence-electron chi connectivity index (χ4n) is 2.60. The number of halogens is 1. The number of rotatable bonds is 2. The molecule has 1 aliphatic heterocycles. The van der Waals surface area contributed by atoms with Gasteiger partial charge in [0.15, 0.2) is 5.65 Å². The highest BCUT2D eigenvalue weighted by Gasteiger charge is 2.35. The molecule has 0 aromatic carbocycles. The van der Waals surface area contributed by atoms with Crippen molar-refractivity contribution in [3.63, 3.8) is 0 Å². The lowest BCUT2D eigenvalue weighted by atomic mass is 10.0. The molecule has 4 nitrogen and oxygen atoms in total. The van der Waals surface area contributed by atoms with E-state index in [-0.39, 0.29) is 5.54 Å². The molecule has 1 aliphatic rings. The highest BCUT2D eigenvalue weighted by molar-refractivity contribution is 6.16. The molecule has 0 spiro atoms. The molecule has 1 unspecified atom stereocenters. The monoisotopic (exact) mass is 265 g/mol. The molecule has 96 valence electrons. The van der Waals surface area contributed by atoms with E-state index in [9.17, 15) is 0 Å². The van der Waals surface area contributed by atoms with E-state index in [1.165, 1.54) is 0 Å². The molecular weight excluding hydrogens is 250 g/mol. The van der Waals surface area contributed by atoms with Crippen LogP contribution in [0.3, 0.4) is 0 Å². The van der Waals surface area contributed by atoms with Crippen LogP contribution in [0.25, 0.3) is 11.2 Å². The Morgan fingerprint density at radius 3 is 3.06 bits per heavy atom. The molecule has 0 N–H and O–H groups in total. The second-order valence-electron chi connectivity index (χ2n) is 5.15. The van der Waals surface area contributed by atoms with Gasteiger partial charge in [-0.05, 0) is 31.9 Å². The maximum Gasteiger partial charge on any atom is 0.160 e. The Kier molecular flexibility index (Phi) is 2.79. The van der Waals surface area contributed by atoms with E-state index in [1.807, 2.05) is 19.2 Å². The summed E-state index contributed by atoms with van der Waals surface area (Å²) in [6.07, 6.45) is 2.84. The van der Waals surface area contributed by atoms with Gasteiger partial charge in [0.05, 0.1) is 18.0 Å². The van der Waals surface area contributed by atoms with Crippen LogP contribution in [0.4, 0.5) is 0 Å². The third-order valence-corrected chi connectivity index (χ3v) is 3.80. The van der Waals surface area contributed by atoms with Crippen molar-refractivity contribution in [1.29, 1.82) is 0 Å². The van der Waals surface area contributed by atoms with Crippen molar-refractivity contribution in [3.8, 4) is 0 Å². The second-order valence-corrected chi connectivity index (χ2v) is 5.42. The zero-order valence-electron chi connectivity index (χ0n) is 10.6. The summed E-state index contributed by atoms with van der Waals surface area (Å²) in [7, 11) is 0. The normalized spacial score (nSPS) is 23.9. The predicted octanol–water partition coefficient (Wildman–Crippen LogP) is 2.61. The Morgan fingerprint density at radius 2 is 2.39 bits per heavy atom. The molecule has 3 rings (SSSR count). The van der Waals surface area contributed by atoms with Gasteiger partial charge in [0.25, 0.3) is 0 Å². The minimum absolute atomic E-state index is 0.0821. The molecule has 1 fully saturated rings. The Morgan fingerprint density at radius 1 is 1.56 bits per heavy atom. The molecule has 18 heavy (non-hydrogen) atoms. The number of fused-ring (bicyclic) bond motifs is 1. The van der Waals surface area contributed by atoms with Gasteiger partial charge in [-0.3, -0.25) is 0 Å². The summed E-state index contributed by atoms with van der Waals surface area (Å²) in [5.41, 5.74) is 2.85. The molecular formula is C13H16ClN3O. The summed E-state index contributed by atoms with van der Waals surface area (Å²) in [6.45, 7) is 5.67. The van der Waals surface area contributed by atoms with Crippen molar-refractivity contribution in [2.45, 2.75) is 31.7 Å². The smallest absolute Gasteiger partial charge is 0.160 e. The number of aromatic nitrogens is 3. The lowest BCUT2D eigenvalue weighted by Crippen LogP contribution is -2.32. The Labute approximate surface area is 111 Å².